The summed E-state index contributed by atoms with van der Waals surface area (Å²) in [5, 5.41) is 10.1. The molecular formula is C24H23N3O. The lowest BCUT2D eigenvalue weighted by Gasteiger charge is -2.18. The SMILES string of the molecule is CCn1cc(-c2c(C#N)c(-c3ccccc3)nc3c2CCCCC3)ccc1=O. The van der Waals surface area contributed by atoms with Gasteiger partial charge < -0.3 is 4.57 Å². The molecule has 0 atom stereocenters. The van der Waals surface area contributed by atoms with Gasteiger partial charge in [0.1, 0.15) is 6.07 Å². The van der Waals surface area contributed by atoms with E-state index in [9.17, 15) is 10.1 Å². The Hall–Kier alpha value is -3.19. The molecule has 0 N–H and O–H groups in total. The van der Waals surface area contributed by atoms with Crippen LogP contribution < -0.4 is 5.56 Å². The van der Waals surface area contributed by atoms with E-state index in [0.717, 1.165) is 53.8 Å². The highest BCUT2D eigenvalue weighted by Crippen LogP contribution is 2.37. The van der Waals surface area contributed by atoms with E-state index in [0.29, 0.717) is 12.1 Å². The molecule has 28 heavy (non-hydrogen) atoms. The van der Waals surface area contributed by atoms with Crippen LogP contribution in [0.2, 0.25) is 0 Å². The highest BCUT2D eigenvalue weighted by atomic mass is 16.1. The molecule has 0 unspecified atom stereocenters. The first kappa shape index (κ1) is 18.2. The standard InChI is InChI=1S/C24H23N3O/c1-2-27-16-18(13-14-22(27)28)23-19-11-7-4-8-12-21(19)26-24(20(23)15-25)17-9-5-3-6-10-17/h3,5-6,9-10,13-14,16H,2,4,7-8,11-12H2,1H3. The maximum absolute atomic E-state index is 12.1. The fourth-order valence-corrected chi connectivity index (χ4v) is 4.08. The number of fused-ring (bicyclic) bond motifs is 1. The van der Waals surface area contributed by atoms with E-state index in [1.807, 2.05) is 49.5 Å². The summed E-state index contributed by atoms with van der Waals surface area (Å²) < 4.78 is 1.70. The third kappa shape index (κ3) is 3.25. The summed E-state index contributed by atoms with van der Waals surface area (Å²) in [6.07, 6.45) is 7.14. The van der Waals surface area contributed by atoms with E-state index in [2.05, 4.69) is 6.07 Å². The Kier molecular flexibility index (Phi) is 5.08. The third-order valence-electron chi connectivity index (χ3n) is 5.50. The van der Waals surface area contributed by atoms with Gasteiger partial charge in [-0.2, -0.15) is 5.26 Å². The lowest BCUT2D eigenvalue weighted by molar-refractivity contribution is 0.709. The average Bonchev–Trinajstić information content (AvgIpc) is 2.98. The molecule has 0 aliphatic heterocycles. The molecule has 0 fully saturated rings. The van der Waals surface area contributed by atoms with Crippen LogP contribution in [0.15, 0.2) is 53.5 Å². The Morgan fingerprint density at radius 3 is 2.57 bits per heavy atom. The zero-order valence-corrected chi connectivity index (χ0v) is 16.1. The number of nitriles is 1. The Bertz CT molecular complexity index is 1110. The summed E-state index contributed by atoms with van der Waals surface area (Å²) in [4.78, 5) is 17.1. The van der Waals surface area contributed by atoms with E-state index < -0.39 is 0 Å². The largest absolute Gasteiger partial charge is 0.315 e. The van der Waals surface area contributed by atoms with Gasteiger partial charge in [-0.05, 0) is 49.8 Å². The van der Waals surface area contributed by atoms with Crippen LogP contribution in [0.1, 0.15) is 43.0 Å². The minimum atomic E-state index is -0.0202. The summed E-state index contributed by atoms with van der Waals surface area (Å²) in [5.74, 6) is 0. The second kappa shape index (κ2) is 7.82. The second-order valence-corrected chi connectivity index (χ2v) is 7.22. The fourth-order valence-electron chi connectivity index (χ4n) is 4.08. The van der Waals surface area contributed by atoms with E-state index in [-0.39, 0.29) is 5.56 Å². The molecule has 0 saturated heterocycles. The number of nitrogens with zero attached hydrogens (tertiary/aromatic N) is 3. The number of hydrogen-bond donors (Lipinski definition) is 0. The molecule has 2 aromatic heterocycles. The molecule has 4 heteroatoms. The molecule has 3 aromatic rings. The molecule has 2 heterocycles. The minimum Gasteiger partial charge on any atom is -0.315 e. The van der Waals surface area contributed by atoms with Gasteiger partial charge in [-0.3, -0.25) is 9.78 Å². The topological polar surface area (TPSA) is 58.7 Å². The normalized spacial score (nSPS) is 13.4. The lowest BCUT2D eigenvalue weighted by atomic mass is 9.89. The number of rotatable bonds is 3. The van der Waals surface area contributed by atoms with E-state index in [1.54, 1.807) is 10.6 Å². The van der Waals surface area contributed by atoms with Crippen molar-refractivity contribution in [2.24, 2.45) is 0 Å². The van der Waals surface area contributed by atoms with Crippen molar-refractivity contribution in [1.29, 1.82) is 5.26 Å². The zero-order valence-electron chi connectivity index (χ0n) is 16.1. The number of hydrogen-bond acceptors (Lipinski definition) is 3. The van der Waals surface area contributed by atoms with Crippen LogP contribution in [0.25, 0.3) is 22.4 Å². The van der Waals surface area contributed by atoms with Crippen molar-refractivity contribution in [3.63, 3.8) is 0 Å². The van der Waals surface area contributed by atoms with Crippen LogP contribution in [0.5, 0.6) is 0 Å². The summed E-state index contributed by atoms with van der Waals surface area (Å²) in [6, 6.07) is 15.8. The first-order valence-corrected chi connectivity index (χ1v) is 9.95. The van der Waals surface area contributed by atoms with Gasteiger partial charge in [0.15, 0.2) is 0 Å². The Morgan fingerprint density at radius 2 is 1.82 bits per heavy atom. The lowest BCUT2D eigenvalue weighted by Crippen LogP contribution is -2.17. The molecule has 0 spiro atoms. The first-order valence-electron chi connectivity index (χ1n) is 9.95. The highest BCUT2D eigenvalue weighted by molar-refractivity contribution is 5.82. The maximum atomic E-state index is 12.1. The van der Waals surface area contributed by atoms with Gasteiger partial charge >= 0.3 is 0 Å². The van der Waals surface area contributed by atoms with Gasteiger partial charge in [-0.1, -0.05) is 36.8 Å². The molecule has 0 bridgehead atoms. The number of aryl methyl sites for hydroxylation is 2. The first-order chi connectivity index (χ1) is 13.7. The van der Waals surface area contributed by atoms with E-state index in [4.69, 9.17) is 4.98 Å². The van der Waals surface area contributed by atoms with Gasteiger partial charge in [-0.15, -0.1) is 0 Å². The minimum absolute atomic E-state index is 0.0202. The number of pyridine rings is 2. The van der Waals surface area contributed by atoms with Gasteiger partial charge in [-0.25, -0.2) is 0 Å². The molecule has 0 saturated carbocycles. The molecule has 140 valence electrons. The maximum Gasteiger partial charge on any atom is 0.250 e. The number of benzene rings is 1. The quantitative estimate of drug-likeness (QED) is 0.627. The van der Waals surface area contributed by atoms with Crippen LogP contribution >= 0.6 is 0 Å². The van der Waals surface area contributed by atoms with Gasteiger partial charge in [0, 0.05) is 35.6 Å². The van der Waals surface area contributed by atoms with Crippen LogP contribution in [0.3, 0.4) is 0 Å². The van der Waals surface area contributed by atoms with Gasteiger partial charge in [0.2, 0.25) is 0 Å². The van der Waals surface area contributed by atoms with E-state index in [1.165, 1.54) is 12.0 Å². The van der Waals surface area contributed by atoms with Crippen molar-refractivity contribution in [1.82, 2.24) is 9.55 Å². The molecule has 0 amide bonds. The summed E-state index contributed by atoms with van der Waals surface area (Å²) in [5.41, 5.74) is 6.44. The molecular weight excluding hydrogens is 346 g/mol. The average molecular weight is 369 g/mol. The summed E-state index contributed by atoms with van der Waals surface area (Å²) in [7, 11) is 0. The van der Waals surface area contributed by atoms with Gasteiger partial charge in [0.25, 0.3) is 5.56 Å². The van der Waals surface area contributed by atoms with Crippen LogP contribution in [0, 0.1) is 11.3 Å². The number of aromatic nitrogens is 2. The van der Waals surface area contributed by atoms with E-state index >= 15 is 0 Å². The van der Waals surface area contributed by atoms with Crippen molar-refractivity contribution in [3.05, 3.63) is 75.8 Å². The van der Waals surface area contributed by atoms with Crippen LogP contribution in [-0.4, -0.2) is 9.55 Å². The third-order valence-corrected chi connectivity index (χ3v) is 5.50. The monoisotopic (exact) mass is 369 g/mol. The Balaban J connectivity index is 2.06. The predicted octanol–water partition coefficient (Wildman–Crippen LogP) is 4.74. The molecule has 4 nitrogen and oxygen atoms in total. The van der Waals surface area contributed by atoms with Crippen LogP contribution in [0.4, 0.5) is 0 Å². The molecule has 4 rings (SSSR count). The predicted molar refractivity (Wildman–Crippen MR) is 111 cm³/mol. The second-order valence-electron chi connectivity index (χ2n) is 7.22. The molecule has 0 radical (unpaired) electrons. The van der Waals surface area contributed by atoms with Crippen molar-refractivity contribution < 1.29 is 0 Å². The van der Waals surface area contributed by atoms with Crippen molar-refractivity contribution in [2.75, 3.05) is 0 Å². The van der Waals surface area contributed by atoms with Crippen molar-refractivity contribution >= 4 is 0 Å². The fraction of sp³-hybridized carbons (Fsp3) is 0.292. The Labute approximate surface area is 165 Å². The zero-order chi connectivity index (χ0) is 19.5. The van der Waals surface area contributed by atoms with Crippen LogP contribution in [-0.2, 0) is 19.4 Å². The smallest absolute Gasteiger partial charge is 0.250 e. The molecule has 1 aromatic carbocycles. The molecule has 1 aliphatic rings. The van der Waals surface area contributed by atoms with Crippen molar-refractivity contribution in [3.8, 4) is 28.5 Å². The summed E-state index contributed by atoms with van der Waals surface area (Å²) >= 11 is 0. The summed E-state index contributed by atoms with van der Waals surface area (Å²) in [6.45, 7) is 2.56. The van der Waals surface area contributed by atoms with Gasteiger partial charge in [0.05, 0.1) is 11.3 Å². The Morgan fingerprint density at radius 1 is 1.04 bits per heavy atom. The molecule has 1 aliphatic carbocycles. The van der Waals surface area contributed by atoms with Crippen molar-refractivity contribution in [2.45, 2.75) is 45.6 Å². The highest BCUT2D eigenvalue weighted by Gasteiger charge is 2.23.